The topological polar surface area (TPSA) is 237 Å². The van der Waals surface area contributed by atoms with Crippen LogP contribution in [0.5, 0.6) is 0 Å². The molecule has 0 aliphatic carbocycles. The molecule has 0 rings (SSSR count). The molecule has 5 atom stereocenters. The lowest BCUT2D eigenvalue weighted by atomic mass is 10.0. The Morgan fingerprint density at radius 2 is 0.643 bits per heavy atom. The summed E-state index contributed by atoms with van der Waals surface area (Å²) < 4.78 is 67.8. The number of carbonyl (C=O) groups is 4. The number of aliphatic hydroxyl groups excluding tert-OH is 1. The number of esters is 4. The van der Waals surface area contributed by atoms with Gasteiger partial charge in [-0.2, -0.15) is 0 Å². The molecule has 0 aromatic carbocycles. The van der Waals surface area contributed by atoms with E-state index in [1.54, 1.807) is 0 Å². The summed E-state index contributed by atoms with van der Waals surface area (Å²) in [6.45, 7) is 7.04. The fourth-order valence-electron chi connectivity index (χ4n) is 9.22. The molecule has 0 heterocycles. The standard InChI is InChI=1S/C65H122O17P2/c1-6-9-12-15-17-19-21-22-23-24-26-32-36-41-46-51-65(70)82-61(55-76-63(68)49-44-39-34-30-28-27-29-33-38-42-47-58(4)5)57-80-84(73,74)78-53-59(66)52-77-83(71,72)79-56-60(54-75-62(67)48-43-37-14-11-8-3)81-64(69)50-45-40-35-31-25-20-18-16-13-10-7-2/h19,21-23,58-61,66H,6-18,20,24-57H2,1-5H3,(H,71,72)(H,73,74)/b21-19-,23-22-/t59-,60+,61+/m0/s1. The van der Waals surface area contributed by atoms with Gasteiger partial charge in [-0.25, -0.2) is 9.13 Å². The number of hydrogen-bond acceptors (Lipinski definition) is 15. The molecule has 0 aliphatic rings. The number of aliphatic hydroxyl groups is 1. The summed E-state index contributed by atoms with van der Waals surface area (Å²) in [5.41, 5.74) is 0. The number of hydrogen-bond donors (Lipinski definition) is 3. The van der Waals surface area contributed by atoms with Crippen molar-refractivity contribution in [2.24, 2.45) is 5.92 Å². The first-order chi connectivity index (χ1) is 40.5. The maximum atomic E-state index is 13.0. The molecule has 0 aromatic heterocycles. The Bertz CT molecular complexity index is 1730. The highest BCUT2D eigenvalue weighted by atomic mass is 31.2. The third kappa shape index (κ3) is 58.6. The zero-order valence-corrected chi connectivity index (χ0v) is 55.3. The summed E-state index contributed by atoms with van der Waals surface area (Å²) in [5, 5.41) is 10.5. The first-order valence-corrected chi connectivity index (χ1v) is 36.4. The van der Waals surface area contributed by atoms with Crippen molar-refractivity contribution < 1.29 is 80.2 Å². The van der Waals surface area contributed by atoms with E-state index in [9.17, 15) is 43.2 Å². The Morgan fingerprint density at radius 1 is 0.369 bits per heavy atom. The minimum atomic E-state index is -4.95. The van der Waals surface area contributed by atoms with Crippen LogP contribution in [0.3, 0.4) is 0 Å². The van der Waals surface area contributed by atoms with Gasteiger partial charge in [-0.15, -0.1) is 0 Å². The van der Waals surface area contributed by atoms with E-state index in [-0.39, 0.29) is 25.7 Å². The molecule has 0 fully saturated rings. The first kappa shape index (κ1) is 81.5. The van der Waals surface area contributed by atoms with Crippen molar-refractivity contribution in [1.82, 2.24) is 0 Å². The van der Waals surface area contributed by atoms with E-state index in [4.69, 9.17) is 37.0 Å². The smallest absolute Gasteiger partial charge is 0.462 e. The van der Waals surface area contributed by atoms with Crippen LogP contribution < -0.4 is 0 Å². The second kappa shape index (κ2) is 58.2. The van der Waals surface area contributed by atoms with E-state index >= 15 is 0 Å². The van der Waals surface area contributed by atoms with Gasteiger partial charge in [0.1, 0.15) is 19.3 Å². The Labute approximate surface area is 510 Å². The van der Waals surface area contributed by atoms with Gasteiger partial charge in [0, 0.05) is 25.7 Å². The van der Waals surface area contributed by atoms with E-state index in [0.29, 0.717) is 25.7 Å². The van der Waals surface area contributed by atoms with E-state index in [0.717, 1.165) is 115 Å². The van der Waals surface area contributed by atoms with Crippen molar-refractivity contribution in [3.05, 3.63) is 24.3 Å². The predicted octanol–water partition coefficient (Wildman–Crippen LogP) is 17.7. The summed E-state index contributed by atoms with van der Waals surface area (Å²) in [5.74, 6) is -1.42. The van der Waals surface area contributed by atoms with E-state index in [1.165, 1.54) is 109 Å². The Kier molecular flexibility index (Phi) is 56.5. The van der Waals surface area contributed by atoms with Gasteiger partial charge in [-0.05, 0) is 57.3 Å². The fourth-order valence-corrected chi connectivity index (χ4v) is 10.8. The summed E-state index contributed by atoms with van der Waals surface area (Å²) in [4.78, 5) is 72.0. The lowest BCUT2D eigenvalue weighted by Gasteiger charge is -2.21. The summed E-state index contributed by atoms with van der Waals surface area (Å²) >= 11 is 0. The van der Waals surface area contributed by atoms with Gasteiger partial charge in [-0.1, -0.05) is 252 Å². The Hall–Kier alpha value is -2.46. The summed E-state index contributed by atoms with van der Waals surface area (Å²) in [6.07, 6.45) is 45.6. The number of allylic oxidation sites excluding steroid dienone is 4. The molecule has 0 aromatic rings. The van der Waals surface area contributed by atoms with E-state index < -0.39 is 97.5 Å². The van der Waals surface area contributed by atoms with Crippen LogP contribution in [0.2, 0.25) is 0 Å². The molecule has 494 valence electrons. The zero-order valence-electron chi connectivity index (χ0n) is 53.5. The molecule has 0 bridgehead atoms. The molecular weight excluding hydrogens is 1110 g/mol. The van der Waals surface area contributed by atoms with Crippen LogP contribution in [0.25, 0.3) is 0 Å². The van der Waals surface area contributed by atoms with Crippen LogP contribution >= 0.6 is 15.6 Å². The highest BCUT2D eigenvalue weighted by Gasteiger charge is 2.30. The van der Waals surface area contributed by atoms with Crippen LogP contribution in [-0.2, 0) is 65.4 Å². The van der Waals surface area contributed by atoms with Gasteiger partial charge in [0.2, 0.25) is 0 Å². The van der Waals surface area contributed by atoms with Crippen LogP contribution in [0, 0.1) is 5.92 Å². The molecule has 0 saturated carbocycles. The molecule has 19 heteroatoms. The maximum Gasteiger partial charge on any atom is 0.472 e. The van der Waals surface area contributed by atoms with Crippen LogP contribution in [0.1, 0.15) is 304 Å². The third-order valence-corrected chi connectivity index (χ3v) is 16.3. The monoisotopic (exact) mass is 1240 g/mol. The Balaban J connectivity index is 5.22. The number of ether oxygens (including phenoxy) is 4. The second-order valence-corrected chi connectivity index (χ2v) is 26.2. The lowest BCUT2D eigenvalue weighted by molar-refractivity contribution is -0.161. The predicted molar refractivity (Wildman–Crippen MR) is 335 cm³/mol. The molecule has 0 radical (unpaired) electrons. The van der Waals surface area contributed by atoms with Gasteiger partial charge < -0.3 is 33.8 Å². The van der Waals surface area contributed by atoms with Gasteiger partial charge >= 0.3 is 39.5 Å². The second-order valence-electron chi connectivity index (χ2n) is 23.3. The highest BCUT2D eigenvalue weighted by Crippen LogP contribution is 2.45. The zero-order chi connectivity index (χ0) is 62.0. The number of rotatable bonds is 63. The van der Waals surface area contributed by atoms with Crippen molar-refractivity contribution >= 4 is 39.5 Å². The van der Waals surface area contributed by atoms with Crippen molar-refractivity contribution in [2.75, 3.05) is 39.6 Å². The highest BCUT2D eigenvalue weighted by molar-refractivity contribution is 7.47. The number of carbonyl (C=O) groups excluding carboxylic acids is 4. The molecule has 0 spiro atoms. The van der Waals surface area contributed by atoms with Crippen molar-refractivity contribution in [1.29, 1.82) is 0 Å². The molecule has 0 aliphatic heterocycles. The average Bonchev–Trinajstić information content (AvgIpc) is 3.59. The normalized spacial score (nSPS) is 14.4. The summed E-state index contributed by atoms with van der Waals surface area (Å²) in [7, 11) is -9.89. The molecule has 84 heavy (non-hydrogen) atoms. The van der Waals surface area contributed by atoms with Crippen LogP contribution in [0.4, 0.5) is 0 Å². The van der Waals surface area contributed by atoms with E-state index in [1.807, 2.05) is 0 Å². The molecule has 2 unspecified atom stereocenters. The van der Waals surface area contributed by atoms with Gasteiger partial charge in [0.25, 0.3) is 0 Å². The van der Waals surface area contributed by atoms with Gasteiger partial charge in [0.05, 0.1) is 26.4 Å². The molecule has 17 nitrogen and oxygen atoms in total. The van der Waals surface area contributed by atoms with Crippen molar-refractivity contribution in [3.63, 3.8) is 0 Å². The molecule has 0 amide bonds. The SMILES string of the molecule is CCCCCC/C=C\C=C/CCCCCCCC(=O)O[C@H](COC(=O)CCCCCCCCCCCCC(C)C)COP(=O)(O)OC[C@@H](O)COP(=O)(O)OC[C@@H](COC(=O)CCCCCCC)OC(=O)CCCCCCCCCCCCC. The molecule has 3 N–H and O–H groups in total. The minimum absolute atomic E-state index is 0.0847. The first-order valence-electron chi connectivity index (χ1n) is 33.5. The third-order valence-electron chi connectivity index (χ3n) is 14.4. The largest absolute Gasteiger partial charge is 0.472 e. The number of phosphoric ester groups is 2. The van der Waals surface area contributed by atoms with Crippen molar-refractivity contribution in [3.8, 4) is 0 Å². The Morgan fingerprint density at radius 3 is 0.976 bits per heavy atom. The van der Waals surface area contributed by atoms with Gasteiger partial charge in [-0.3, -0.25) is 37.3 Å². The fraction of sp³-hybridized carbons (Fsp3) is 0.877. The molecular formula is C65H122O17P2. The van der Waals surface area contributed by atoms with Crippen molar-refractivity contribution in [2.45, 2.75) is 323 Å². The maximum absolute atomic E-state index is 13.0. The molecule has 0 saturated heterocycles. The van der Waals surface area contributed by atoms with Gasteiger partial charge in [0.15, 0.2) is 12.2 Å². The van der Waals surface area contributed by atoms with Crippen LogP contribution in [0.15, 0.2) is 24.3 Å². The quantitative estimate of drug-likeness (QED) is 0.0169. The van der Waals surface area contributed by atoms with E-state index in [2.05, 4.69) is 58.9 Å². The average molecular weight is 1240 g/mol. The lowest BCUT2D eigenvalue weighted by Crippen LogP contribution is -2.30. The minimum Gasteiger partial charge on any atom is -0.462 e. The number of phosphoric acid groups is 2. The van der Waals surface area contributed by atoms with Crippen LogP contribution in [-0.4, -0.2) is 96.7 Å². The summed E-state index contributed by atoms with van der Waals surface area (Å²) in [6, 6.07) is 0. The number of unbranched alkanes of at least 4 members (excludes halogenated alkanes) is 32.